The minimum absolute atomic E-state index is 0.228. The van der Waals surface area contributed by atoms with E-state index in [9.17, 15) is 4.79 Å². The molecule has 1 heterocycles. The molecule has 0 spiro atoms. The first kappa shape index (κ1) is 21.0. The number of carbonyl (C=O) groups excluding carboxylic acids is 1. The van der Waals surface area contributed by atoms with Gasteiger partial charge in [-0.1, -0.05) is 0 Å². The van der Waals surface area contributed by atoms with Crippen molar-refractivity contribution in [2.24, 2.45) is 0 Å². The maximum absolute atomic E-state index is 11.0. The Morgan fingerprint density at radius 3 is 2.28 bits per heavy atom. The molecule has 0 bridgehead atoms. The molecular weight excluding hydrogens is 384 g/mol. The van der Waals surface area contributed by atoms with E-state index in [-0.39, 0.29) is 5.78 Å². The summed E-state index contributed by atoms with van der Waals surface area (Å²) in [6.07, 6.45) is 3.32. The first-order valence-electron chi connectivity index (χ1n) is 9.69. The number of hydrogen-bond acceptors (Lipinski definition) is 6. The van der Waals surface area contributed by atoms with Crippen LogP contribution in [-0.2, 0) is 4.79 Å². The number of benzene rings is 2. The molecule has 0 fully saturated rings. The van der Waals surface area contributed by atoms with Crippen molar-refractivity contribution in [2.75, 3.05) is 26.7 Å². The number of ether oxygens (including phenoxy) is 2. The van der Waals surface area contributed by atoms with Crippen molar-refractivity contribution < 1.29 is 14.3 Å². The van der Waals surface area contributed by atoms with Gasteiger partial charge in [0.1, 0.15) is 28.0 Å². The Kier molecular flexibility index (Phi) is 7.78. The van der Waals surface area contributed by atoms with Gasteiger partial charge in [-0.15, -0.1) is 11.3 Å². The Morgan fingerprint density at radius 2 is 1.66 bits per heavy atom. The molecule has 0 aliphatic carbocycles. The predicted molar refractivity (Wildman–Crippen MR) is 117 cm³/mol. The van der Waals surface area contributed by atoms with Gasteiger partial charge >= 0.3 is 0 Å². The molecule has 6 heteroatoms. The fourth-order valence-corrected chi connectivity index (χ4v) is 3.40. The zero-order valence-electron chi connectivity index (χ0n) is 16.8. The molecule has 1 aromatic heterocycles. The average molecular weight is 411 g/mol. The molecule has 152 valence electrons. The third-order valence-electron chi connectivity index (χ3n) is 4.39. The topological polar surface area (TPSA) is 51.7 Å². The van der Waals surface area contributed by atoms with Crippen LogP contribution in [-0.4, -0.2) is 42.4 Å². The largest absolute Gasteiger partial charge is 0.494 e. The van der Waals surface area contributed by atoms with Gasteiger partial charge in [0, 0.05) is 36.7 Å². The second kappa shape index (κ2) is 10.7. The first-order chi connectivity index (χ1) is 14.1. The van der Waals surface area contributed by atoms with E-state index >= 15 is 0 Å². The molecule has 0 saturated carbocycles. The van der Waals surface area contributed by atoms with Gasteiger partial charge in [-0.3, -0.25) is 4.79 Å². The highest BCUT2D eigenvalue weighted by Gasteiger charge is 2.04. The van der Waals surface area contributed by atoms with Crippen LogP contribution in [0, 0.1) is 0 Å². The third kappa shape index (κ3) is 7.00. The van der Waals surface area contributed by atoms with Crippen LogP contribution in [0.25, 0.3) is 10.6 Å². The maximum Gasteiger partial charge on any atom is 0.131 e. The Bertz CT molecular complexity index is 878. The van der Waals surface area contributed by atoms with Crippen molar-refractivity contribution in [3.05, 3.63) is 60.1 Å². The van der Waals surface area contributed by atoms with Gasteiger partial charge in [-0.25, -0.2) is 4.98 Å². The number of ketones is 1. The van der Waals surface area contributed by atoms with E-state index in [1.54, 1.807) is 24.5 Å². The Balaban J connectivity index is 1.41. The monoisotopic (exact) mass is 410 g/mol. The van der Waals surface area contributed by atoms with Crippen LogP contribution in [0.1, 0.15) is 19.8 Å². The van der Waals surface area contributed by atoms with E-state index in [4.69, 9.17) is 9.47 Å². The molecule has 0 unspecified atom stereocenters. The summed E-state index contributed by atoms with van der Waals surface area (Å²) < 4.78 is 11.7. The molecule has 0 N–H and O–H groups in total. The van der Waals surface area contributed by atoms with Gasteiger partial charge < -0.3 is 14.4 Å². The molecule has 0 saturated heterocycles. The zero-order chi connectivity index (χ0) is 20.5. The second-order valence-electron chi connectivity index (χ2n) is 6.89. The van der Waals surface area contributed by atoms with E-state index in [0.29, 0.717) is 13.0 Å². The highest BCUT2D eigenvalue weighted by Crippen LogP contribution is 2.27. The second-order valence-corrected chi connectivity index (χ2v) is 7.79. The summed E-state index contributed by atoms with van der Waals surface area (Å²) in [6, 6.07) is 15.6. The fourth-order valence-electron chi connectivity index (χ4n) is 2.76. The lowest BCUT2D eigenvalue weighted by molar-refractivity contribution is -0.117. The molecule has 0 radical (unpaired) electrons. The number of rotatable bonds is 11. The highest BCUT2D eigenvalue weighted by molar-refractivity contribution is 7.13. The van der Waals surface area contributed by atoms with Gasteiger partial charge in [0.15, 0.2) is 0 Å². The van der Waals surface area contributed by atoms with Gasteiger partial charge in [-0.2, -0.15) is 0 Å². The minimum Gasteiger partial charge on any atom is -0.494 e. The number of Topliss-reactive ketones (excluding diaryl/α,β-unsaturated/α-hetero) is 1. The molecule has 0 aliphatic rings. The van der Waals surface area contributed by atoms with Gasteiger partial charge in [0.2, 0.25) is 0 Å². The molecule has 5 nitrogen and oxygen atoms in total. The van der Waals surface area contributed by atoms with E-state index in [1.165, 1.54) is 0 Å². The van der Waals surface area contributed by atoms with Crippen LogP contribution in [0.2, 0.25) is 0 Å². The summed E-state index contributed by atoms with van der Waals surface area (Å²) >= 11 is 1.62. The number of thiazole rings is 1. The first-order valence-corrected chi connectivity index (χ1v) is 10.6. The van der Waals surface area contributed by atoms with Gasteiger partial charge in [-0.05, 0) is 68.9 Å². The van der Waals surface area contributed by atoms with E-state index in [1.807, 2.05) is 61.0 Å². The fraction of sp³-hybridized carbons (Fsp3) is 0.304. The molecule has 0 aliphatic heterocycles. The standard InChI is InChI=1S/C23H26N2O3S/c1-18(26)12-15-25(2)14-3-16-27-20-8-10-22(11-9-20)28-21-6-4-19(5-7-21)23-24-13-17-29-23/h4-11,13,17H,3,12,14-16H2,1-2H3. The van der Waals surface area contributed by atoms with Crippen molar-refractivity contribution in [1.82, 2.24) is 9.88 Å². The van der Waals surface area contributed by atoms with Crippen LogP contribution >= 0.6 is 11.3 Å². The molecular formula is C23H26N2O3S. The minimum atomic E-state index is 0.228. The van der Waals surface area contributed by atoms with E-state index in [2.05, 4.69) is 9.88 Å². The van der Waals surface area contributed by atoms with Crippen LogP contribution in [0.3, 0.4) is 0 Å². The van der Waals surface area contributed by atoms with Crippen LogP contribution in [0.15, 0.2) is 60.1 Å². The van der Waals surface area contributed by atoms with Crippen LogP contribution < -0.4 is 9.47 Å². The summed E-state index contributed by atoms with van der Waals surface area (Å²) in [5.74, 6) is 2.60. The third-order valence-corrected chi connectivity index (χ3v) is 5.21. The van der Waals surface area contributed by atoms with Gasteiger partial charge in [0.25, 0.3) is 0 Å². The summed E-state index contributed by atoms with van der Waals surface area (Å²) in [4.78, 5) is 17.5. The zero-order valence-corrected chi connectivity index (χ0v) is 17.7. The van der Waals surface area contributed by atoms with Crippen molar-refractivity contribution in [1.29, 1.82) is 0 Å². The normalized spacial score (nSPS) is 10.9. The van der Waals surface area contributed by atoms with Crippen molar-refractivity contribution in [3.8, 4) is 27.8 Å². The van der Waals surface area contributed by atoms with E-state index < -0.39 is 0 Å². The summed E-state index contributed by atoms with van der Waals surface area (Å²) in [6.45, 7) is 3.97. The lowest BCUT2D eigenvalue weighted by atomic mass is 10.2. The molecule has 2 aromatic carbocycles. The predicted octanol–water partition coefficient (Wildman–Crippen LogP) is 5.28. The number of nitrogens with zero attached hydrogens (tertiary/aromatic N) is 2. The molecule has 3 rings (SSSR count). The number of hydrogen-bond donors (Lipinski definition) is 0. The number of aromatic nitrogens is 1. The Morgan fingerprint density at radius 1 is 1.00 bits per heavy atom. The molecule has 0 atom stereocenters. The average Bonchev–Trinajstić information content (AvgIpc) is 3.26. The highest BCUT2D eigenvalue weighted by atomic mass is 32.1. The lowest BCUT2D eigenvalue weighted by Crippen LogP contribution is -2.23. The smallest absolute Gasteiger partial charge is 0.131 e. The molecule has 29 heavy (non-hydrogen) atoms. The van der Waals surface area contributed by atoms with Crippen LogP contribution in [0.4, 0.5) is 0 Å². The maximum atomic E-state index is 11.0. The summed E-state index contributed by atoms with van der Waals surface area (Å²) in [5, 5.41) is 2.97. The Labute approximate surface area is 175 Å². The lowest BCUT2D eigenvalue weighted by Gasteiger charge is -2.15. The molecule has 0 amide bonds. The van der Waals surface area contributed by atoms with Gasteiger partial charge in [0.05, 0.1) is 6.61 Å². The van der Waals surface area contributed by atoms with Crippen LogP contribution in [0.5, 0.6) is 17.2 Å². The van der Waals surface area contributed by atoms with Crippen molar-refractivity contribution >= 4 is 17.1 Å². The Hall–Kier alpha value is -2.70. The quantitative estimate of drug-likeness (QED) is 0.403. The number of carbonyl (C=O) groups is 1. The molecule has 3 aromatic rings. The van der Waals surface area contributed by atoms with Crippen molar-refractivity contribution in [3.63, 3.8) is 0 Å². The summed E-state index contributed by atoms with van der Waals surface area (Å²) in [7, 11) is 2.03. The van der Waals surface area contributed by atoms with Crippen molar-refractivity contribution in [2.45, 2.75) is 19.8 Å². The van der Waals surface area contributed by atoms with E-state index in [0.717, 1.165) is 47.3 Å². The SMILES string of the molecule is CC(=O)CCN(C)CCCOc1ccc(Oc2ccc(-c3nccs3)cc2)cc1. The summed E-state index contributed by atoms with van der Waals surface area (Å²) in [5.41, 5.74) is 1.09.